The molecule has 0 saturated carbocycles. The van der Waals surface area contributed by atoms with Gasteiger partial charge in [-0.3, -0.25) is 80.4 Å². The van der Waals surface area contributed by atoms with Crippen LogP contribution in [0.2, 0.25) is 0 Å². The van der Waals surface area contributed by atoms with Crippen LogP contribution in [0.5, 0.6) is 11.8 Å². The number of anilines is 10. The molecule has 0 spiro atoms. The van der Waals surface area contributed by atoms with Crippen LogP contribution in [-0.2, 0) is 26.3 Å². The molecule has 114 heavy (non-hydrogen) atoms. The largest absolute Gasteiger partial charge is 0.473 e. The summed E-state index contributed by atoms with van der Waals surface area (Å²) in [5.74, 6) is 6.87. The van der Waals surface area contributed by atoms with Gasteiger partial charge in [0, 0.05) is 82.2 Å². The molecule has 0 unspecified atom stereocenters. The van der Waals surface area contributed by atoms with Crippen LogP contribution in [0.25, 0.3) is 87.1 Å². The van der Waals surface area contributed by atoms with Gasteiger partial charge in [-0.15, -0.1) is 0 Å². The maximum absolute atomic E-state index is 11.7. The minimum atomic E-state index is -0.134. The van der Waals surface area contributed by atoms with Crippen molar-refractivity contribution in [1.82, 2.24) is 102 Å². The first-order chi connectivity index (χ1) is 55.8. The number of ether oxygens (including phenoxy) is 2. The standard InChI is InChI=1S/C24H18N6O2.C21H19N7O.C20H16N6O2.C17H17N7O/c31-24-17-10-9-14(11-21(17)28-30-24)13-32-22-12-20(15-5-1-3-7-18(15)25-22)26-23-16-6-2-4-8-19(16)27-29-23;1-12-8-19(27-25-12)24-20-15-5-3-2-4-14(15)10-18(23-20)22-11-13-6-7-16-17(9-13)26-28-21(16)29;27-20-15-6-5-12(9-17(15)24-26-20)11-28-18-10-13(7-8-21-18)22-19-14-3-1-2-4-16(14)23-25-19;1-10-7-16(23-21-10)20-15-4-2-3-14(19-15)18-9-11-5-6-12-13(8-11)22-24-17(12)25/h1-12H,13H2,(H2,28,30,31)(H2,25,26,27,29);2-10H,11H2,1H3,(H2,26,28,29)(H3,22,23,24,25,27);1-10H,11H2,(H2,24,26,27)(H2,21,22,23,25);2-8H,9H2,1H3,(H2,22,24,25)(H3,18,19,20,21,23). The van der Waals surface area contributed by atoms with E-state index in [1.807, 2.05) is 220 Å². The predicted molar refractivity (Wildman–Crippen MR) is 443 cm³/mol. The number of benzene rings is 8. The first-order valence-electron chi connectivity index (χ1n) is 36.1. The van der Waals surface area contributed by atoms with Crippen LogP contribution in [0, 0.1) is 13.8 Å². The maximum atomic E-state index is 11.7. The zero-order valence-electron chi connectivity index (χ0n) is 60.8. The molecule has 8 aromatic carbocycles. The minimum absolute atomic E-state index is 0.108. The van der Waals surface area contributed by atoms with Crippen molar-refractivity contribution in [1.29, 1.82) is 0 Å². The molecule has 20 rings (SSSR count). The third-order valence-electron chi connectivity index (χ3n) is 18.6. The summed E-state index contributed by atoms with van der Waals surface area (Å²) < 4.78 is 11.8. The van der Waals surface area contributed by atoms with Crippen molar-refractivity contribution in [3.8, 4) is 11.8 Å². The van der Waals surface area contributed by atoms with Crippen LogP contribution in [0.15, 0.2) is 250 Å². The number of para-hydroxylation sites is 3. The van der Waals surface area contributed by atoms with Crippen LogP contribution >= 0.6 is 0 Å². The van der Waals surface area contributed by atoms with Crippen molar-refractivity contribution in [2.24, 2.45) is 0 Å². The molecule has 0 amide bonds. The fourth-order valence-electron chi connectivity index (χ4n) is 12.9. The summed E-state index contributed by atoms with van der Waals surface area (Å²) in [6.45, 7) is 5.73. The second-order valence-corrected chi connectivity index (χ2v) is 26.6. The van der Waals surface area contributed by atoms with Crippen LogP contribution in [0.4, 0.5) is 57.9 Å². The highest BCUT2D eigenvalue weighted by Crippen LogP contribution is 2.33. The third kappa shape index (κ3) is 16.0. The number of pyridine rings is 4. The Kier molecular flexibility index (Phi) is 19.5. The van der Waals surface area contributed by atoms with Crippen molar-refractivity contribution >= 4 is 145 Å². The number of H-pyrrole nitrogens is 12. The molecule has 564 valence electrons. The van der Waals surface area contributed by atoms with Crippen LogP contribution in [-0.4, -0.2) is 102 Å². The average Bonchev–Trinajstić information content (AvgIpc) is 1.15. The molecule has 18 N–H and O–H groups in total. The van der Waals surface area contributed by atoms with E-state index in [4.69, 9.17) is 14.5 Å². The van der Waals surface area contributed by atoms with Gasteiger partial charge in [-0.2, -0.15) is 20.4 Å². The van der Waals surface area contributed by atoms with Gasteiger partial charge in [0.15, 0.2) is 23.3 Å². The smallest absolute Gasteiger partial charge is 0.271 e. The molecule has 0 saturated heterocycles. The summed E-state index contributed by atoms with van der Waals surface area (Å²) in [7, 11) is 0. The summed E-state index contributed by atoms with van der Waals surface area (Å²) in [5.41, 5.74) is 12.9. The number of aromatic amines is 12. The summed E-state index contributed by atoms with van der Waals surface area (Å²) in [6, 6.07) is 71.4. The number of aromatic nitrogens is 20. The van der Waals surface area contributed by atoms with E-state index in [9.17, 15) is 19.2 Å². The van der Waals surface area contributed by atoms with Crippen molar-refractivity contribution in [3.63, 3.8) is 0 Å². The first-order valence-corrected chi connectivity index (χ1v) is 36.1. The van der Waals surface area contributed by atoms with E-state index in [2.05, 4.69) is 134 Å². The topological polar surface area (TPSA) is 452 Å². The van der Waals surface area contributed by atoms with Crippen LogP contribution in [0.1, 0.15) is 33.6 Å². The maximum Gasteiger partial charge on any atom is 0.271 e. The van der Waals surface area contributed by atoms with Gasteiger partial charge in [0.2, 0.25) is 11.8 Å². The van der Waals surface area contributed by atoms with Crippen molar-refractivity contribution in [2.45, 2.75) is 40.2 Å². The SMILES string of the molecule is Cc1cc(Nc2cccc(NCc3ccc4c(=O)[nH][nH]c4c3)n2)n[nH]1.Cc1cc(Nc2nc(NCc3ccc4c(=O)[nH][nH]c4c3)cc3ccccc23)n[nH]1.O=c1[nH][nH]c2cc(COc3cc(Nc4n[nH]c5ccccc45)c4ccccc4n3)ccc12.O=c1[nH][nH]c2cc(COc3cc(Nc4n[nH]c5ccccc45)ccn3)ccc12. The van der Waals surface area contributed by atoms with Gasteiger partial charge < -0.3 is 41.4 Å². The zero-order chi connectivity index (χ0) is 77.4. The molecular formula is C82H70N26O6. The van der Waals surface area contributed by atoms with E-state index in [1.165, 1.54) is 0 Å². The van der Waals surface area contributed by atoms with Gasteiger partial charge in [-0.05, 0) is 145 Å². The Labute approximate surface area is 642 Å². The van der Waals surface area contributed by atoms with E-state index in [1.54, 1.807) is 18.3 Å². The highest BCUT2D eigenvalue weighted by atomic mass is 16.5. The molecule has 0 radical (unpaired) electrons. The van der Waals surface area contributed by atoms with Gasteiger partial charge in [0.25, 0.3) is 22.2 Å². The number of nitrogens with zero attached hydrogens (tertiary/aromatic N) is 8. The first kappa shape index (κ1) is 70.7. The second kappa shape index (κ2) is 31.5. The summed E-state index contributed by atoms with van der Waals surface area (Å²) >= 11 is 0. The molecule has 12 aromatic heterocycles. The Morgan fingerprint density at radius 2 is 0.816 bits per heavy atom. The number of hydrogen-bond donors (Lipinski definition) is 18. The van der Waals surface area contributed by atoms with Crippen molar-refractivity contribution in [3.05, 3.63) is 306 Å². The molecule has 0 fully saturated rings. The fraction of sp³-hybridized carbons (Fsp3) is 0.0732. The van der Waals surface area contributed by atoms with E-state index in [0.717, 1.165) is 151 Å². The monoisotopic (exact) mass is 1510 g/mol. The third-order valence-corrected chi connectivity index (χ3v) is 18.6. The molecule has 0 aliphatic heterocycles. The number of aryl methyl sites for hydroxylation is 2. The molecule has 12 heterocycles. The normalized spacial score (nSPS) is 11.2. The summed E-state index contributed by atoms with van der Waals surface area (Å²) in [6.07, 6.45) is 1.68. The summed E-state index contributed by atoms with van der Waals surface area (Å²) in [4.78, 5) is 64.6. The zero-order valence-corrected chi connectivity index (χ0v) is 60.8. The molecule has 32 heteroatoms. The van der Waals surface area contributed by atoms with E-state index < -0.39 is 0 Å². The fourth-order valence-corrected chi connectivity index (χ4v) is 12.9. The van der Waals surface area contributed by atoms with Crippen molar-refractivity contribution in [2.75, 3.05) is 31.9 Å². The van der Waals surface area contributed by atoms with Gasteiger partial charge in [0.1, 0.15) is 36.5 Å². The van der Waals surface area contributed by atoms with Crippen molar-refractivity contribution < 1.29 is 9.47 Å². The van der Waals surface area contributed by atoms with E-state index >= 15 is 0 Å². The lowest BCUT2D eigenvalue weighted by atomic mass is 10.1. The lowest BCUT2D eigenvalue weighted by molar-refractivity contribution is 0.294. The average molecular weight is 1520 g/mol. The minimum Gasteiger partial charge on any atom is -0.473 e. The summed E-state index contributed by atoms with van der Waals surface area (Å²) in [5, 5.41) is 78.2. The quantitative estimate of drug-likeness (QED) is 0.0337. The number of nitrogens with one attached hydrogen (secondary N) is 18. The number of fused-ring (bicyclic) bond motifs is 8. The highest BCUT2D eigenvalue weighted by Gasteiger charge is 2.16. The van der Waals surface area contributed by atoms with Gasteiger partial charge in [0.05, 0.1) is 65.8 Å². The van der Waals surface area contributed by atoms with E-state index in [0.29, 0.717) is 65.4 Å². The Morgan fingerprint density at radius 1 is 0.325 bits per heavy atom. The Morgan fingerprint density at radius 3 is 1.39 bits per heavy atom. The predicted octanol–water partition coefficient (Wildman–Crippen LogP) is 14.5. The van der Waals surface area contributed by atoms with Gasteiger partial charge in [-0.25, -0.2) is 19.9 Å². The van der Waals surface area contributed by atoms with Crippen LogP contribution < -0.4 is 63.6 Å². The number of hydrogen-bond acceptors (Lipinski definition) is 20. The Balaban J connectivity index is 0.000000110. The molecule has 0 atom stereocenters. The molecule has 0 aliphatic carbocycles. The van der Waals surface area contributed by atoms with Gasteiger partial charge >= 0.3 is 0 Å². The molecular weight excluding hydrogens is 1450 g/mol. The lowest BCUT2D eigenvalue weighted by Crippen LogP contribution is -2.04. The molecule has 0 bridgehead atoms. The molecule has 0 aliphatic rings. The molecule has 20 aromatic rings. The second-order valence-electron chi connectivity index (χ2n) is 26.6. The number of rotatable bonds is 20. The highest BCUT2D eigenvalue weighted by molar-refractivity contribution is 5.99. The lowest BCUT2D eigenvalue weighted by Gasteiger charge is -2.12. The van der Waals surface area contributed by atoms with Gasteiger partial charge in [-0.1, -0.05) is 97.1 Å². The van der Waals surface area contributed by atoms with E-state index in [-0.39, 0.29) is 22.2 Å². The Hall–Kier alpha value is -16.3. The Bertz CT molecular complexity index is 7110. The molecule has 32 nitrogen and oxygen atoms in total. The van der Waals surface area contributed by atoms with Crippen LogP contribution in [0.3, 0.4) is 0 Å².